The fraction of sp³-hybridized carbons (Fsp3) is 0.162. The second-order valence-corrected chi connectivity index (χ2v) is 15.8. The number of allylic oxidation sites excluding steroid dienone is 5. The number of rotatable bonds is 12. The zero-order chi connectivity index (χ0) is 37.0. The van der Waals surface area contributed by atoms with E-state index in [2.05, 4.69) is 0 Å². The first-order chi connectivity index (χ1) is 24.1. The van der Waals surface area contributed by atoms with Gasteiger partial charge in [0.15, 0.2) is 12.3 Å². The van der Waals surface area contributed by atoms with Crippen LogP contribution in [0.3, 0.4) is 0 Å². The molecule has 0 spiro atoms. The molecule has 0 radical (unpaired) electrons. The summed E-state index contributed by atoms with van der Waals surface area (Å²) >= 11 is 0. The van der Waals surface area contributed by atoms with Crippen LogP contribution in [0.25, 0.3) is 5.57 Å². The molecule has 0 aliphatic heterocycles. The Morgan fingerprint density at radius 3 is 1.85 bits per heavy atom. The summed E-state index contributed by atoms with van der Waals surface area (Å²) in [5.74, 6) is 0. The van der Waals surface area contributed by atoms with E-state index in [0.29, 0.717) is 54.0 Å². The minimum absolute atomic E-state index is 0. The zero-order valence-corrected chi connectivity index (χ0v) is 38.4. The van der Waals surface area contributed by atoms with Gasteiger partial charge in [-0.15, -0.1) is 0 Å². The maximum atomic E-state index is 12.4. The first-order valence-electron chi connectivity index (χ1n) is 15.8. The van der Waals surface area contributed by atoms with Crippen molar-refractivity contribution in [2.45, 2.75) is 41.6 Å². The smallest absolute Gasteiger partial charge is 0.744 e. The summed E-state index contributed by atoms with van der Waals surface area (Å²) in [5, 5.41) is 0. The van der Waals surface area contributed by atoms with Gasteiger partial charge in [-0.3, -0.25) is 4.55 Å². The van der Waals surface area contributed by atoms with Gasteiger partial charge < -0.3 is 14.0 Å². The third-order valence-corrected chi connectivity index (χ3v) is 10.9. The number of hydrogen-bond acceptors (Lipinski definition) is 9. The summed E-state index contributed by atoms with van der Waals surface area (Å²) in [4.78, 5) is 1.10. The number of hydrogen-bond donors (Lipinski definition) is 1. The quantitative estimate of drug-likeness (QED) is 0.110. The third-order valence-electron chi connectivity index (χ3n) is 8.36. The fourth-order valence-corrected chi connectivity index (χ4v) is 7.64. The van der Waals surface area contributed by atoms with Crippen molar-refractivity contribution in [2.75, 3.05) is 18.0 Å². The number of nitrogens with zero attached hydrogens (tertiary/aromatic N) is 2. The molecule has 266 valence electrons. The normalized spacial score (nSPS) is 12.8. The van der Waals surface area contributed by atoms with Crippen molar-refractivity contribution in [3.05, 3.63) is 149 Å². The summed E-state index contributed by atoms with van der Waals surface area (Å²) in [6.07, 6.45) is 7.34. The van der Waals surface area contributed by atoms with Crippen molar-refractivity contribution in [1.29, 1.82) is 0 Å². The molecular weight excluding hydrogens is 791 g/mol. The molecule has 1 aliphatic carbocycles. The average Bonchev–Trinajstić information content (AvgIpc) is 3.10. The van der Waals surface area contributed by atoms with Crippen LogP contribution in [0.1, 0.15) is 36.1 Å². The molecule has 0 amide bonds. The predicted octanol–water partition coefficient (Wildman–Crippen LogP) is -0.622. The van der Waals surface area contributed by atoms with Gasteiger partial charge in [0.1, 0.15) is 26.8 Å². The van der Waals surface area contributed by atoms with Crippen LogP contribution >= 0.6 is 0 Å². The van der Waals surface area contributed by atoms with Crippen molar-refractivity contribution in [2.24, 2.45) is 0 Å². The number of anilines is 1. The van der Waals surface area contributed by atoms with Crippen LogP contribution < -0.4 is 108 Å². The Morgan fingerprint density at radius 1 is 0.698 bits per heavy atom. The molecule has 4 aromatic rings. The van der Waals surface area contributed by atoms with Gasteiger partial charge in [-0.25, -0.2) is 21.4 Å². The average molecular weight is 826 g/mol. The Hall–Kier alpha value is -1.43. The Morgan fingerprint density at radius 2 is 1.28 bits per heavy atom. The van der Waals surface area contributed by atoms with Crippen LogP contribution in [0.2, 0.25) is 0 Å². The van der Waals surface area contributed by atoms with Gasteiger partial charge >= 0.3 is 103 Å². The van der Waals surface area contributed by atoms with Crippen molar-refractivity contribution >= 4 is 47.3 Å². The van der Waals surface area contributed by atoms with Gasteiger partial charge in [0.25, 0.3) is 10.1 Å². The van der Waals surface area contributed by atoms with Crippen LogP contribution in [0.15, 0.2) is 142 Å². The summed E-state index contributed by atoms with van der Waals surface area (Å²) in [7, 11) is -13.8. The van der Waals surface area contributed by atoms with Gasteiger partial charge in [-0.1, -0.05) is 54.6 Å². The van der Waals surface area contributed by atoms with E-state index in [1.165, 1.54) is 42.5 Å². The molecule has 0 heterocycles. The van der Waals surface area contributed by atoms with Crippen molar-refractivity contribution < 1.29 is 146 Å². The summed E-state index contributed by atoms with van der Waals surface area (Å²) in [6.45, 7) is 5.66. The second-order valence-electron chi connectivity index (χ2n) is 11.7. The molecule has 16 heteroatoms. The molecule has 0 aromatic heterocycles. The van der Waals surface area contributed by atoms with E-state index in [0.717, 1.165) is 11.4 Å². The molecule has 0 saturated carbocycles. The Bertz CT molecular complexity index is 2410. The molecule has 0 fully saturated rings. The van der Waals surface area contributed by atoms with Crippen LogP contribution in [-0.4, -0.2) is 62.3 Å². The SMILES string of the molecule is CCN(Cc1cccc(S(=O)(=O)[O-])c1)c1ccc(C(=C2C=CC(=[N+](CC)Cc3cccc(S(=O)(=O)O)c3)C=C2)c2ccccc2S(=O)(=O)[O-])cc1.[K+].[K+]. The van der Waals surface area contributed by atoms with Gasteiger partial charge in [-0.05, 0) is 90.7 Å². The molecule has 5 rings (SSSR count). The van der Waals surface area contributed by atoms with E-state index in [1.54, 1.807) is 30.3 Å². The van der Waals surface area contributed by atoms with Gasteiger partial charge in [0.2, 0.25) is 0 Å². The van der Waals surface area contributed by atoms with E-state index in [-0.39, 0.29) is 123 Å². The Balaban J connectivity index is 0.00000378. The number of benzene rings is 4. The zero-order valence-electron chi connectivity index (χ0n) is 29.7. The molecule has 4 aromatic carbocycles. The Kier molecular flexibility index (Phi) is 17.0. The fourth-order valence-electron chi connectivity index (χ4n) is 5.86. The summed E-state index contributed by atoms with van der Waals surface area (Å²) in [5.41, 5.74) is 4.88. The van der Waals surface area contributed by atoms with Crippen molar-refractivity contribution in [1.82, 2.24) is 0 Å². The van der Waals surface area contributed by atoms with Crippen LogP contribution in [-0.2, 0) is 43.4 Å². The molecule has 1 aliphatic rings. The van der Waals surface area contributed by atoms with Gasteiger partial charge in [0.05, 0.1) is 14.7 Å². The van der Waals surface area contributed by atoms with Gasteiger partial charge in [0, 0.05) is 42.1 Å². The molecule has 0 saturated heterocycles. The van der Waals surface area contributed by atoms with Gasteiger partial charge in [-0.2, -0.15) is 8.42 Å². The summed E-state index contributed by atoms with van der Waals surface area (Å²) in [6, 6.07) is 25.2. The summed E-state index contributed by atoms with van der Waals surface area (Å²) < 4.78 is 107. The molecular formula is C37H35K2N2O9S3+. The second kappa shape index (κ2) is 19.6. The van der Waals surface area contributed by atoms with Crippen LogP contribution in [0.5, 0.6) is 0 Å². The molecule has 0 bridgehead atoms. The first-order valence-corrected chi connectivity index (χ1v) is 20.1. The van der Waals surface area contributed by atoms with Crippen LogP contribution in [0.4, 0.5) is 5.69 Å². The van der Waals surface area contributed by atoms with E-state index in [9.17, 15) is 38.9 Å². The van der Waals surface area contributed by atoms with E-state index >= 15 is 0 Å². The van der Waals surface area contributed by atoms with E-state index < -0.39 is 30.4 Å². The first kappa shape index (κ1) is 46.0. The minimum Gasteiger partial charge on any atom is -0.744 e. The molecule has 53 heavy (non-hydrogen) atoms. The molecule has 11 nitrogen and oxygen atoms in total. The maximum absolute atomic E-state index is 12.4. The van der Waals surface area contributed by atoms with E-state index in [1.807, 2.05) is 71.9 Å². The van der Waals surface area contributed by atoms with Crippen LogP contribution in [0, 0.1) is 0 Å². The molecule has 1 N–H and O–H groups in total. The minimum atomic E-state index is -4.86. The van der Waals surface area contributed by atoms with Crippen molar-refractivity contribution in [3.8, 4) is 0 Å². The van der Waals surface area contributed by atoms with E-state index in [4.69, 9.17) is 0 Å². The molecule has 0 atom stereocenters. The topological polar surface area (TPSA) is 175 Å². The maximum Gasteiger partial charge on any atom is 1.00 e. The standard InChI is InChI=1S/C37H36N2O9S3.2K/c1-3-38(25-27-9-7-11-33(23-27)49(40,41)42)31-19-15-29(16-20-31)37(35-13-5-6-14-36(35)51(46,47)48)30-17-21-32(22-18-30)39(4-2)26-28-10-8-12-34(24-28)50(43,44)45;;/h5-24H,3-4,25-26H2,1-2H3,(H2-,40,41,42,43,44,45,46,47,48);;/q;2*+1/p-1. The monoisotopic (exact) mass is 825 g/mol. The Labute approximate surface area is 396 Å². The predicted molar refractivity (Wildman–Crippen MR) is 192 cm³/mol. The third kappa shape index (κ3) is 12.0. The molecule has 0 unspecified atom stereocenters. The van der Waals surface area contributed by atoms with Crippen molar-refractivity contribution in [3.63, 3.8) is 0 Å². The largest absolute Gasteiger partial charge is 1.00 e.